The Balaban J connectivity index is 2.26. The molecule has 2 rings (SSSR count). The molecule has 5 nitrogen and oxygen atoms in total. The second-order valence-corrected chi connectivity index (χ2v) is 4.16. The fourth-order valence-electron chi connectivity index (χ4n) is 1.45. The zero-order valence-corrected chi connectivity index (χ0v) is 10.9. The lowest BCUT2D eigenvalue weighted by Crippen LogP contribution is -2.18. The van der Waals surface area contributed by atoms with Crippen LogP contribution in [0, 0.1) is 0 Å². The maximum atomic E-state index is 11.5. The fourth-order valence-corrected chi connectivity index (χ4v) is 1.68. The molecule has 19 heavy (non-hydrogen) atoms. The van der Waals surface area contributed by atoms with E-state index in [4.69, 9.17) is 22.1 Å². The summed E-state index contributed by atoms with van der Waals surface area (Å²) in [5.41, 5.74) is 6.42. The Hall–Kier alpha value is -2.27. The van der Waals surface area contributed by atoms with Crippen LogP contribution in [0.3, 0.4) is 0 Å². The Kier molecular flexibility index (Phi) is 3.87. The highest BCUT2D eigenvalue weighted by Crippen LogP contribution is 2.30. The van der Waals surface area contributed by atoms with Crippen LogP contribution in [0.25, 0.3) is 0 Å². The highest BCUT2D eigenvalue weighted by Gasteiger charge is 2.08. The van der Waals surface area contributed by atoms with Crippen LogP contribution in [0.15, 0.2) is 36.5 Å². The fraction of sp³-hybridized carbons (Fsp3) is 0.0769. The first-order valence-corrected chi connectivity index (χ1v) is 5.89. The number of nitrogens with two attached hydrogens (primary N) is 1. The van der Waals surface area contributed by atoms with Crippen molar-refractivity contribution < 1.29 is 9.53 Å². The highest BCUT2D eigenvalue weighted by molar-refractivity contribution is 6.32. The molecule has 0 radical (unpaired) electrons. The van der Waals surface area contributed by atoms with Crippen molar-refractivity contribution in [1.29, 1.82) is 0 Å². The van der Waals surface area contributed by atoms with E-state index in [0.717, 1.165) is 0 Å². The highest BCUT2D eigenvalue weighted by atomic mass is 35.5. The number of hydrogen-bond acceptors (Lipinski definition) is 4. The van der Waals surface area contributed by atoms with E-state index in [-0.39, 0.29) is 11.6 Å². The van der Waals surface area contributed by atoms with Gasteiger partial charge in [0.1, 0.15) is 17.2 Å². The van der Waals surface area contributed by atoms with Crippen molar-refractivity contribution >= 4 is 23.2 Å². The van der Waals surface area contributed by atoms with E-state index >= 15 is 0 Å². The zero-order chi connectivity index (χ0) is 13.8. The van der Waals surface area contributed by atoms with Gasteiger partial charge in [-0.1, -0.05) is 11.6 Å². The van der Waals surface area contributed by atoms with Crippen molar-refractivity contribution in [1.82, 2.24) is 10.3 Å². The van der Waals surface area contributed by atoms with Gasteiger partial charge in [0.15, 0.2) is 0 Å². The molecule has 1 aromatic heterocycles. The zero-order valence-electron chi connectivity index (χ0n) is 10.2. The largest absolute Gasteiger partial charge is 0.456 e. The number of pyridine rings is 1. The predicted octanol–water partition coefficient (Wildman–Crippen LogP) is 2.47. The van der Waals surface area contributed by atoms with Crippen LogP contribution in [0.5, 0.6) is 11.5 Å². The molecule has 0 bridgehead atoms. The summed E-state index contributed by atoms with van der Waals surface area (Å²) in [5.74, 6) is 0.652. The van der Waals surface area contributed by atoms with Crippen LogP contribution < -0.4 is 15.8 Å². The van der Waals surface area contributed by atoms with Crippen molar-refractivity contribution in [3.05, 3.63) is 47.2 Å². The van der Waals surface area contributed by atoms with Crippen LogP contribution in [0.4, 0.5) is 5.69 Å². The summed E-state index contributed by atoms with van der Waals surface area (Å²) in [5, 5.41) is 2.89. The van der Waals surface area contributed by atoms with E-state index in [1.807, 2.05) is 0 Å². The molecule has 2 aromatic rings. The molecule has 0 aliphatic heterocycles. The van der Waals surface area contributed by atoms with Crippen LogP contribution in [0.2, 0.25) is 5.02 Å². The van der Waals surface area contributed by atoms with Gasteiger partial charge in [-0.2, -0.15) is 0 Å². The summed E-state index contributed by atoms with van der Waals surface area (Å²) < 4.78 is 5.59. The first-order chi connectivity index (χ1) is 9.10. The van der Waals surface area contributed by atoms with E-state index in [1.165, 1.54) is 19.3 Å². The normalized spacial score (nSPS) is 10.0. The predicted molar refractivity (Wildman–Crippen MR) is 73.6 cm³/mol. The minimum atomic E-state index is -0.283. The number of rotatable bonds is 3. The molecule has 0 saturated heterocycles. The van der Waals surface area contributed by atoms with Crippen molar-refractivity contribution in [3.63, 3.8) is 0 Å². The Bertz CT molecular complexity index is 617. The van der Waals surface area contributed by atoms with Crippen molar-refractivity contribution in [2.45, 2.75) is 0 Å². The number of nitrogen functional groups attached to an aromatic ring is 1. The molecule has 98 valence electrons. The molecular formula is C13H12ClN3O2. The number of carbonyl (C=O) groups excluding carboxylic acids is 1. The molecule has 6 heteroatoms. The average Bonchev–Trinajstić information content (AvgIpc) is 2.41. The summed E-state index contributed by atoms with van der Waals surface area (Å²) in [6.07, 6.45) is 1.49. The van der Waals surface area contributed by atoms with E-state index < -0.39 is 0 Å². The summed E-state index contributed by atoms with van der Waals surface area (Å²) >= 11 is 6.01. The van der Waals surface area contributed by atoms with Crippen molar-refractivity contribution in [2.24, 2.45) is 0 Å². The number of halogens is 1. The van der Waals surface area contributed by atoms with Gasteiger partial charge in [0, 0.05) is 25.0 Å². The minimum absolute atomic E-state index is 0.270. The molecule has 1 aromatic carbocycles. The molecule has 0 spiro atoms. The number of benzene rings is 1. The minimum Gasteiger partial charge on any atom is -0.456 e. The lowest BCUT2D eigenvalue weighted by atomic mass is 10.3. The van der Waals surface area contributed by atoms with Crippen LogP contribution in [0.1, 0.15) is 10.5 Å². The van der Waals surface area contributed by atoms with Gasteiger partial charge < -0.3 is 15.8 Å². The second kappa shape index (κ2) is 5.58. The molecule has 0 aliphatic carbocycles. The maximum Gasteiger partial charge on any atom is 0.269 e. The van der Waals surface area contributed by atoms with Crippen LogP contribution in [-0.2, 0) is 0 Å². The van der Waals surface area contributed by atoms with E-state index in [1.54, 1.807) is 24.3 Å². The number of carbonyl (C=O) groups is 1. The molecule has 3 N–H and O–H groups in total. The van der Waals surface area contributed by atoms with Gasteiger partial charge in [-0.05, 0) is 24.3 Å². The van der Waals surface area contributed by atoms with E-state index in [9.17, 15) is 4.79 Å². The van der Waals surface area contributed by atoms with E-state index in [0.29, 0.717) is 22.2 Å². The van der Waals surface area contributed by atoms with E-state index in [2.05, 4.69) is 10.3 Å². The number of anilines is 1. The van der Waals surface area contributed by atoms with Gasteiger partial charge in [0.2, 0.25) is 0 Å². The van der Waals surface area contributed by atoms with Gasteiger partial charge in [-0.25, -0.2) is 0 Å². The number of nitrogens with zero attached hydrogens (tertiary/aromatic N) is 1. The third-order valence-electron chi connectivity index (χ3n) is 2.37. The quantitative estimate of drug-likeness (QED) is 0.845. The molecule has 1 amide bonds. The summed E-state index contributed by atoms with van der Waals surface area (Å²) in [4.78, 5) is 15.4. The number of hydrogen-bond donors (Lipinski definition) is 2. The Morgan fingerprint density at radius 2 is 2.16 bits per heavy atom. The molecule has 1 heterocycles. The number of ether oxygens (including phenoxy) is 1. The van der Waals surface area contributed by atoms with Gasteiger partial charge in [-0.15, -0.1) is 0 Å². The lowest BCUT2D eigenvalue weighted by Gasteiger charge is -2.08. The standard InChI is InChI=1S/C13H12ClN3O2/c1-16-13(18)11-7-9(4-5-17-11)19-12-3-2-8(15)6-10(12)14/h2-7H,15H2,1H3,(H,16,18). The molecule has 0 saturated carbocycles. The van der Waals surface area contributed by atoms with Crippen molar-refractivity contribution in [2.75, 3.05) is 12.8 Å². The third kappa shape index (κ3) is 3.14. The Morgan fingerprint density at radius 1 is 1.37 bits per heavy atom. The van der Waals surface area contributed by atoms with Crippen LogP contribution in [-0.4, -0.2) is 17.9 Å². The molecular weight excluding hydrogens is 266 g/mol. The van der Waals surface area contributed by atoms with Gasteiger partial charge in [0.25, 0.3) is 5.91 Å². The number of amides is 1. The second-order valence-electron chi connectivity index (χ2n) is 3.75. The SMILES string of the molecule is CNC(=O)c1cc(Oc2ccc(N)cc2Cl)ccn1. The van der Waals surface area contributed by atoms with Crippen molar-refractivity contribution in [3.8, 4) is 11.5 Å². The van der Waals surface area contributed by atoms with Gasteiger partial charge in [0.05, 0.1) is 5.02 Å². The maximum absolute atomic E-state index is 11.5. The molecule has 0 unspecified atom stereocenters. The number of nitrogens with one attached hydrogen (secondary N) is 1. The summed E-state index contributed by atoms with van der Waals surface area (Å²) in [6.45, 7) is 0. The Labute approximate surface area is 115 Å². The van der Waals surface area contributed by atoms with Gasteiger partial charge in [-0.3, -0.25) is 9.78 Å². The molecule has 0 atom stereocenters. The first kappa shape index (κ1) is 13.2. The molecule has 0 aliphatic rings. The lowest BCUT2D eigenvalue weighted by molar-refractivity contribution is 0.0958. The third-order valence-corrected chi connectivity index (χ3v) is 2.67. The average molecular weight is 278 g/mol. The molecule has 0 fully saturated rings. The first-order valence-electron chi connectivity index (χ1n) is 5.51. The Morgan fingerprint density at radius 3 is 2.84 bits per heavy atom. The topological polar surface area (TPSA) is 77.2 Å². The monoisotopic (exact) mass is 277 g/mol. The number of aromatic nitrogens is 1. The van der Waals surface area contributed by atoms with Gasteiger partial charge >= 0.3 is 0 Å². The summed E-state index contributed by atoms with van der Waals surface area (Å²) in [7, 11) is 1.54. The van der Waals surface area contributed by atoms with Crippen LogP contribution >= 0.6 is 11.6 Å². The summed E-state index contributed by atoms with van der Waals surface area (Å²) in [6, 6.07) is 8.11. The smallest absolute Gasteiger partial charge is 0.269 e.